The van der Waals surface area contributed by atoms with E-state index in [2.05, 4.69) is 4.98 Å². The predicted molar refractivity (Wildman–Crippen MR) is 116 cm³/mol. The topological polar surface area (TPSA) is 71.8 Å². The van der Waals surface area contributed by atoms with Gasteiger partial charge in [-0.2, -0.15) is 0 Å². The van der Waals surface area contributed by atoms with Gasteiger partial charge in [0.1, 0.15) is 0 Å². The Labute approximate surface area is 174 Å². The average Bonchev–Trinajstić information content (AvgIpc) is 2.72. The zero-order valence-electron chi connectivity index (χ0n) is 16.0. The molecule has 0 saturated carbocycles. The molecule has 0 radical (unpaired) electrons. The van der Waals surface area contributed by atoms with E-state index in [1.54, 1.807) is 48.5 Å². The lowest BCUT2D eigenvalue weighted by molar-refractivity contribution is 0.373. The Morgan fingerprint density at radius 3 is 1.59 bits per heavy atom. The van der Waals surface area contributed by atoms with E-state index in [-0.39, 0.29) is 11.5 Å². The lowest BCUT2D eigenvalue weighted by atomic mass is 10.1. The summed E-state index contributed by atoms with van der Waals surface area (Å²) in [4.78, 5) is 4.56. The van der Waals surface area contributed by atoms with Crippen LogP contribution in [-0.2, 0) is 0 Å². The van der Waals surface area contributed by atoms with Crippen LogP contribution in [0, 0.1) is 0 Å². The lowest BCUT2D eigenvalue weighted by Gasteiger charge is -2.04. The van der Waals surface area contributed by atoms with Crippen molar-refractivity contribution in [1.82, 2.24) is 4.98 Å². The van der Waals surface area contributed by atoms with Gasteiger partial charge in [0.05, 0.1) is 25.6 Å². The molecule has 0 aliphatic heterocycles. The Bertz CT molecular complexity index is 995. The minimum atomic E-state index is 0.0869. The molecule has 0 spiro atoms. The third-order valence-electron chi connectivity index (χ3n) is 4.13. The molecule has 0 fully saturated rings. The summed E-state index contributed by atoms with van der Waals surface area (Å²) in [5, 5.41) is 19.9. The van der Waals surface area contributed by atoms with Crippen LogP contribution in [0.3, 0.4) is 0 Å². The summed E-state index contributed by atoms with van der Waals surface area (Å²) in [6, 6.07) is 13.7. The Hall–Kier alpha value is -3.44. The van der Waals surface area contributed by atoms with Gasteiger partial charge in [-0.15, -0.1) is 0 Å². The molecule has 0 amide bonds. The Morgan fingerprint density at radius 2 is 1.17 bits per heavy atom. The third-order valence-corrected chi connectivity index (χ3v) is 4.35. The number of aromatic hydroxyl groups is 2. The van der Waals surface area contributed by atoms with E-state index in [0.717, 1.165) is 11.1 Å². The summed E-state index contributed by atoms with van der Waals surface area (Å²) in [6.45, 7) is 0. The Balaban J connectivity index is 1.83. The molecule has 148 valence electrons. The number of pyridine rings is 1. The summed E-state index contributed by atoms with van der Waals surface area (Å²) >= 11 is 6.24. The van der Waals surface area contributed by atoms with Crippen molar-refractivity contribution in [3.8, 4) is 23.0 Å². The molecule has 3 aromatic rings. The smallest absolute Gasteiger partial charge is 0.161 e. The first-order valence-electron chi connectivity index (χ1n) is 8.76. The third kappa shape index (κ3) is 5.30. The number of rotatable bonds is 6. The van der Waals surface area contributed by atoms with Crippen molar-refractivity contribution >= 4 is 35.9 Å². The van der Waals surface area contributed by atoms with Crippen LogP contribution in [0.2, 0.25) is 5.02 Å². The van der Waals surface area contributed by atoms with Crippen LogP contribution in [-0.4, -0.2) is 29.4 Å². The number of ether oxygens (including phenoxy) is 2. The second kappa shape index (κ2) is 9.17. The number of aromatic nitrogens is 1. The van der Waals surface area contributed by atoms with Crippen LogP contribution >= 0.6 is 11.6 Å². The normalized spacial score (nSPS) is 11.3. The van der Waals surface area contributed by atoms with Gasteiger partial charge < -0.3 is 19.7 Å². The fourth-order valence-corrected chi connectivity index (χ4v) is 2.89. The maximum atomic E-state index is 9.69. The van der Waals surface area contributed by atoms with Gasteiger partial charge in [-0.3, -0.25) is 0 Å². The monoisotopic (exact) mass is 409 g/mol. The van der Waals surface area contributed by atoms with Gasteiger partial charge >= 0.3 is 0 Å². The van der Waals surface area contributed by atoms with Gasteiger partial charge in [0.25, 0.3) is 0 Å². The largest absolute Gasteiger partial charge is 0.504 e. The maximum Gasteiger partial charge on any atom is 0.161 e. The number of halogens is 1. The van der Waals surface area contributed by atoms with Gasteiger partial charge in [0, 0.05) is 5.02 Å². The van der Waals surface area contributed by atoms with Crippen molar-refractivity contribution in [2.24, 2.45) is 0 Å². The summed E-state index contributed by atoms with van der Waals surface area (Å²) in [6.07, 6.45) is 7.38. The second-order valence-corrected chi connectivity index (χ2v) is 6.60. The van der Waals surface area contributed by atoms with Crippen LogP contribution in [0.1, 0.15) is 22.5 Å². The first-order chi connectivity index (χ1) is 14.0. The molecule has 0 saturated heterocycles. The Kier molecular flexibility index (Phi) is 6.42. The fraction of sp³-hybridized carbons (Fsp3) is 0.0870. The summed E-state index contributed by atoms with van der Waals surface area (Å²) in [5.74, 6) is 0.978. The van der Waals surface area contributed by atoms with E-state index in [4.69, 9.17) is 21.1 Å². The fourth-order valence-electron chi connectivity index (χ4n) is 2.67. The first kappa shape index (κ1) is 20.3. The number of phenols is 2. The van der Waals surface area contributed by atoms with Gasteiger partial charge in [-0.25, -0.2) is 4.98 Å². The molecule has 0 unspecified atom stereocenters. The molecule has 5 nitrogen and oxygen atoms in total. The average molecular weight is 410 g/mol. The lowest BCUT2D eigenvalue weighted by Crippen LogP contribution is -1.87. The van der Waals surface area contributed by atoms with Crippen LogP contribution in [0.25, 0.3) is 24.3 Å². The summed E-state index contributed by atoms with van der Waals surface area (Å²) < 4.78 is 10.2. The van der Waals surface area contributed by atoms with Gasteiger partial charge in [-0.05, 0) is 59.7 Å². The van der Waals surface area contributed by atoms with Crippen LogP contribution in [0.5, 0.6) is 23.0 Å². The molecule has 2 aromatic carbocycles. The molecular formula is C23H20ClNO4. The highest BCUT2D eigenvalue weighted by Crippen LogP contribution is 2.28. The van der Waals surface area contributed by atoms with Crippen molar-refractivity contribution in [2.45, 2.75) is 0 Å². The molecule has 0 aliphatic carbocycles. The van der Waals surface area contributed by atoms with Gasteiger partial charge in [0.2, 0.25) is 0 Å². The summed E-state index contributed by atoms with van der Waals surface area (Å²) in [7, 11) is 3.01. The van der Waals surface area contributed by atoms with Crippen molar-refractivity contribution in [3.63, 3.8) is 0 Å². The summed E-state index contributed by atoms with van der Waals surface area (Å²) in [5.41, 5.74) is 3.09. The maximum absolute atomic E-state index is 9.69. The van der Waals surface area contributed by atoms with E-state index < -0.39 is 0 Å². The van der Waals surface area contributed by atoms with E-state index in [0.29, 0.717) is 27.9 Å². The van der Waals surface area contributed by atoms with Crippen LogP contribution in [0.4, 0.5) is 0 Å². The Morgan fingerprint density at radius 1 is 0.724 bits per heavy atom. The van der Waals surface area contributed by atoms with Crippen molar-refractivity contribution < 1.29 is 19.7 Å². The molecule has 1 heterocycles. The number of phenolic OH excluding ortho intramolecular Hbond substituents is 2. The van der Waals surface area contributed by atoms with Crippen molar-refractivity contribution in [3.05, 3.63) is 76.1 Å². The quantitative estimate of drug-likeness (QED) is 0.562. The van der Waals surface area contributed by atoms with E-state index in [1.165, 1.54) is 14.2 Å². The highest BCUT2D eigenvalue weighted by Gasteiger charge is 2.03. The van der Waals surface area contributed by atoms with E-state index >= 15 is 0 Å². The second-order valence-electron chi connectivity index (χ2n) is 6.16. The SMILES string of the molecule is COc1cc(/C=C/c2cc(Cl)cc(/C=C/c3ccc(O)c(OC)c3)n2)ccc1O. The van der Waals surface area contributed by atoms with Gasteiger partial charge in [0.15, 0.2) is 23.0 Å². The zero-order valence-corrected chi connectivity index (χ0v) is 16.7. The standard InChI is InChI=1S/C23H20ClNO4/c1-28-22-11-15(5-9-20(22)26)3-7-18-13-17(24)14-19(25-18)8-4-16-6-10-21(27)23(12-16)29-2/h3-14,26-27H,1-2H3/b7-3+,8-4+. The van der Waals surface area contributed by atoms with Crippen LogP contribution < -0.4 is 9.47 Å². The molecule has 0 atom stereocenters. The number of hydrogen-bond acceptors (Lipinski definition) is 5. The molecular weight excluding hydrogens is 390 g/mol. The molecule has 3 rings (SSSR count). The number of hydrogen-bond donors (Lipinski definition) is 2. The van der Waals surface area contributed by atoms with Crippen molar-refractivity contribution in [1.29, 1.82) is 0 Å². The van der Waals surface area contributed by atoms with Gasteiger partial charge in [-0.1, -0.05) is 35.9 Å². The number of methoxy groups -OCH3 is 2. The molecule has 29 heavy (non-hydrogen) atoms. The first-order valence-corrected chi connectivity index (χ1v) is 9.14. The molecule has 0 aliphatic rings. The van der Waals surface area contributed by atoms with Crippen LogP contribution in [0.15, 0.2) is 48.5 Å². The van der Waals surface area contributed by atoms with Crippen molar-refractivity contribution in [2.75, 3.05) is 14.2 Å². The molecule has 6 heteroatoms. The van der Waals surface area contributed by atoms with E-state index in [9.17, 15) is 10.2 Å². The van der Waals surface area contributed by atoms with E-state index in [1.807, 2.05) is 24.3 Å². The number of nitrogens with zero attached hydrogens (tertiary/aromatic N) is 1. The minimum Gasteiger partial charge on any atom is -0.504 e. The zero-order chi connectivity index (χ0) is 20.8. The molecule has 1 aromatic heterocycles. The highest BCUT2D eigenvalue weighted by molar-refractivity contribution is 6.30. The minimum absolute atomic E-state index is 0.0869. The highest BCUT2D eigenvalue weighted by atomic mass is 35.5. The molecule has 0 bridgehead atoms. The predicted octanol–water partition coefficient (Wildman–Crippen LogP) is 5.50. The number of benzene rings is 2. The molecule has 2 N–H and O–H groups in total.